The van der Waals surface area contributed by atoms with E-state index in [4.69, 9.17) is 16.0 Å². The van der Waals surface area contributed by atoms with Crippen LogP contribution in [0.5, 0.6) is 0 Å². The smallest absolute Gasteiger partial charge is 0.305 e. The van der Waals surface area contributed by atoms with Crippen LogP contribution in [-0.2, 0) is 0 Å². The maximum Gasteiger partial charge on any atom is 0.305 e. The second-order valence-electron chi connectivity index (χ2n) is 3.06. The Morgan fingerprint density at radius 3 is 2.56 bits per heavy atom. The molecule has 0 aliphatic rings. The fourth-order valence-electron chi connectivity index (χ4n) is 1.13. The quantitative estimate of drug-likeness (QED) is 0.806. The number of carbonyl (C=O) groups excluding carboxylic acids is 1. The number of rotatable bonds is 3. The van der Waals surface area contributed by atoms with Gasteiger partial charge in [-0.2, -0.15) is 0 Å². The molecule has 2 rings (SSSR count). The van der Waals surface area contributed by atoms with Crippen LogP contribution in [0.25, 0.3) is 0 Å². The van der Waals surface area contributed by atoms with Gasteiger partial charge in [0, 0.05) is 5.02 Å². The van der Waals surface area contributed by atoms with Crippen LogP contribution in [0.3, 0.4) is 0 Å². The van der Waals surface area contributed by atoms with Crippen LogP contribution in [0, 0.1) is 0 Å². The molecule has 0 radical (unpaired) electrons. The predicted molar refractivity (Wildman–Crippen MR) is 61.2 cm³/mol. The molecule has 1 amide bonds. The normalized spacial score (nSPS) is 9.81. The summed E-state index contributed by atoms with van der Waals surface area (Å²) in [7, 11) is 0. The van der Waals surface area contributed by atoms with Crippen LogP contribution in [0.2, 0.25) is 5.02 Å². The molecule has 1 aromatic carbocycles. The molecule has 16 heavy (non-hydrogen) atoms. The van der Waals surface area contributed by atoms with Gasteiger partial charge in [-0.25, -0.2) is 0 Å². The average molecular weight is 237 g/mol. The molecule has 4 nitrogen and oxygen atoms in total. The average Bonchev–Trinajstić information content (AvgIpc) is 2.81. The Morgan fingerprint density at radius 2 is 1.94 bits per heavy atom. The predicted octanol–water partition coefficient (Wildman–Crippen LogP) is 2.69. The van der Waals surface area contributed by atoms with E-state index >= 15 is 0 Å². The summed E-state index contributed by atoms with van der Waals surface area (Å²) < 4.78 is 4.93. The first kappa shape index (κ1) is 10.6. The monoisotopic (exact) mass is 236 g/mol. The summed E-state index contributed by atoms with van der Waals surface area (Å²) in [4.78, 5) is 11.5. The van der Waals surface area contributed by atoms with E-state index in [2.05, 4.69) is 10.9 Å². The van der Waals surface area contributed by atoms with Gasteiger partial charge < -0.3 is 4.42 Å². The third-order valence-corrected chi connectivity index (χ3v) is 2.16. The third kappa shape index (κ3) is 2.55. The van der Waals surface area contributed by atoms with Gasteiger partial charge in [-0.15, -0.1) is 0 Å². The van der Waals surface area contributed by atoms with Crippen molar-refractivity contribution in [3.63, 3.8) is 0 Å². The summed E-state index contributed by atoms with van der Waals surface area (Å²) in [6.45, 7) is 0. The number of amides is 1. The van der Waals surface area contributed by atoms with Crippen molar-refractivity contribution in [1.82, 2.24) is 5.43 Å². The number of benzene rings is 1. The van der Waals surface area contributed by atoms with Crippen molar-refractivity contribution in [1.29, 1.82) is 0 Å². The lowest BCUT2D eigenvalue weighted by molar-refractivity contribution is 0.0935. The first-order valence-electron chi connectivity index (χ1n) is 4.61. The summed E-state index contributed by atoms with van der Waals surface area (Å²) in [5.74, 6) is -0.0820. The van der Waals surface area contributed by atoms with E-state index in [1.54, 1.807) is 36.4 Å². The molecule has 0 fully saturated rings. The van der Waals surface area contributed by atoms with Crippen molar-refractivity contribution < 1.29 is 9.21 Å². The van der Waals surface area contributed by atoms with Gasteiger partial charge in [-0.05, 0) is 36.4 Å². The SMILES string of the molecule is O=C(NNc1ccc(Cl)cc1)c1ccco1. The standard InChI is InChI=1S/C11H9ClN2O2/c12-8-3-5-9(6-4-8)13-14-11(15)10-2-1-7-16-10/h1-7,13H,(H,14,15). The molecule has 0 unspecified atom stereocenters. The molecule has 2 N–H and O–H groups in total. The third-order valence-electron chi connectivity index (χ3n) is 1.91. The summed E-state index contributed by atoms with van der Waals surface area (Å²) >= 11 is 5.73. The molecule has 0 saturated heterocycles. The van der Waals surface area contributed by atoms with Gasteiger partial charge in [0.05, 0.1) is 12.0 Å². The number of anilines is 1. The minimum Gasteiger partial charge on any atom is -0.459 e. The lowest BCUT2D eigenvalue weighted by Gasteiger charge is -2.06. The Kier molecular flexibility index (Phi) is 3.12. The summed E-state index contributed by atoms with van der Waals surface area (Å²) in [6, 6.07) is 10.2. The summed E-state index contributed by atoms with van der Waals surface area (Å²) in [5, 5.41) is 0.642. The molecule has 0 aliphatic carbocycles. The second kappa shape index (κ2) is 4.72. The van der Waals surface area contributed by atoms with Gasteiger partial charge in [-0.1, -0.05) is 11.6 Å². The van der Waals surface area contributed by atoms with Gasteiger partial charge in [0.1, 0.15) is 0 Å². The van der Waals surface area contributed by atoms with E-state index in [-0.39, 0.29) is 11.7 Å². The molecule has 5 heteroatoms. The van der Waals surface area contributed by atoms with Gasteiger partial charge >= 0.3 is 5.91 Å². The number of nitrogens with one attached hydrogen (secondary N) is 2. The highest BCUT2D eigenvalue weighted by Crippen LogP contribution is 2.12. The van der Waals surface area contributed by atoms with E-state index in [1.807, 2.05) is 0 Å². The molecule has 82 valence electrons. The number of halogens is 1. The molecular weight excluding hydrogens is 228 g/mol. The van der Waals surface area contributed by atoms with Crippen LogP contribution < -0.4 is 10.9 Å². The van der Waals surface area contributed by atoms with Crippen LogP contribution in [-0.4, -0.2) is 5.91 Å². The molecule has 1 heterocycles. The first-order chi connectivity index (χ1) is 7.75. The highest BCUT2D eigenvalue weighted by atomic mass is 35.5. The van der Waals surface area contributed by atoms with E-state index in [0.29, 0.717) is 5.02 Å². The maximum absolute atomic E-state index is 11.5. The Bertz CT molecular complexity index is 465. The largest absolute Gasteiger partial charge is 0.459 e. The number of furan rings is 1. The molecule has 0 bridgehead atoms. The second-order valence-corrected chi connectivity index (χ2v) is 3.50. The van der Waals surface area contributed by atoms with Crippen LogP contribution in [0.1, 0.15) is 10.6 Å². The van der Waals surface area contributed by atoms with Crippen molar-refractivity contribution in [3.8, 4) is 0 Å². The van der Waals surface area contributed by atoms with Gasteiger partial charge in [0.25, 0.3) is 0 Å². The van der Waals surface area contributed by atoms with Crippen molar-refractivity contribution in [2.24, 2.45) is 0 Å². The van der Waals surface area contributed by atoms with E-state index in [0.717, 1.165) is 5.69 Å². The Labute approximate surface area is 97.2 Å². The zero-order chi connectivity index (χ0) is 11.4. The topological polar surface area (TPSA) is 54.3 Å². The molecule has 1 aromatic heterocycles. The first-order valence-corrected chi connectivity index (χ1v) is 4.99. The fourth-order valence-corrected chi connectivity index (χ4v) is 1.26. The maximum atomic E-state index is 11.5. The number of carbonyl (C=O) groups is 1. The minimum atomic E-state index is -0.333. The van der Waals surface area contributed by atoms with Gasteiger partial charge in [0.15, 0.2) is 5.76 Å². The molecule has 0 spiro atoms. The number of hydrogen-bond donors (Lipinski definition) is 2. The van der Waals surface area contributed by atoms with Gasteiger partial charge in [-0.3, -0.25) is 15.6 Å². The molecule has 0 saturated carbocycles. The highest BCUT2D eigenvalue weighted by Gasteiger charge is 2.06. The zero-order valence-electron chi connectivity index (χ0n) is 8.24. The Hall–Kier alpha value is -1.94. The van der Waals surface area contributed by atoms with E-state index in [1.165, 1.54) is 6.26 Å². The van der Waals surface area contributed by atoms with Crippen molar-refractivity contribution in [2.75, 3.05) is 5.43 Å². The molecule has 0 aliphatic heterocycles. The highest BCUT2D eigenvalue weighted by molar-refractivity contribution is 6.30. The molecule has 0 atom stereocenters. The Morgan fingerprint density at radius 1 is 1.19 bits per heavy atom. The van der Waals surface area contributed by atoms with Crippen molar-refractivity contribution >= 4 is 23.2 Å². The van der Waals surface area contributed by atoms with Crippen molar-refractivity contribution in [2.45, 2.75) is 0 Å². The fraction of sp³-hybridized carbons (Fsp3) is 0. The molecular formula is C11H9ClN2O2. The molecule has 2 aromatic rings. The van der Waals surface area contributed by atoms with Gasteiger partial charge in [0.2, 0.25) is 0 Å². The zero-order valence-corrected chi connectivity index (χ0v) is 8.99. The lowest BCUT2D eigenvalue weighted by atomic mass is 10.3. The summed E-state index contributed by atoms with van der Waals surface area (Å²) in [5.41, 5.74) is 5.98. The van der Waals surface area contributed by atoms with Crippen LogP contribution in [0.15, 0.2) is 47.1 Å². The van der Waals surface area contributed by atoms with Crippen LogP contribution in [0.4, 0.5) is 5.69 Å². The Balaban J connectivity index is 1.93. The van der Waals surface area contributed by atoms with E-state index < -0.39 is 0 Å². The number of hydrazine groups is 1. The summed E-state index contributed by atoms with van der Waals surface area (Å²) in [6.07, 6.45) is 1.44. The van der Waals surface area contributed by atoms with Crippen molar-refractivity contribution in [3.05, 3.63) is 53.4 Å². The lowest BCUT2D eigenvalue weighted by Crippen LogP contribution is -2.28. The number of hydrogen-bond acceptors (Lipinski definition) is 3. The van der Waals surface area contributed by atoms with E-state index in [9.17, 15) is 4.79 Å². The van der Waals surface area contributed by atoms with Crippen LogP contribution >= 0.6 is 11.6 Å². The minimum absolute atomic E-state index is 0.251.